The minimum Gasteiger partial charge on any atom is -0.497 e. The van der Waals surface area contributed by atoms with Gasteiger partial charge < -0.3 is 19.9 Å². The average molecular weight is 498 g/mol. The number of halogens is 1. The van der Waals surface area contributed by atoms with E-state index in [1.807, 2.05) is 30.2 Å². The molecule has 1 aliphatic heterocycles. The molecule has 0 radical (unpaired) electrons. The van der Waals surface area contributed by atoms with E-state index in [0.717, 1.165) is 44.4 Å². The number of aliphatic imine (C=N–C) groups is 1. The molecule has 7 nitrogen and oxygen atoms in total. The first kappa shape index (κ1) is 22.5. The predicted octanol–water partition coefficient (Wildman–Crippen LogP) is 2.51. The number of rotatable bonds is 8. The second kappa shape index (κ2) is 11.9. The van der Waals surface area contributed by atoms with Crippen LogP contribution in [0.2, 0.25) is 0 Å². The smallest absolute Gasteiger partial charge is 0.191 e. The summed E-state index contributed by atoms with van der Waals surface area (Å²) in [6.45, 7) is 4.72. The summed E-state index contributed by atoms with van der Waals surface area (Å²) < 4.78 is 7.47. The summed E-state index contributed by atoms with van der Waals surface area (Å²) in [4.78, 5) is 11.0. The van der Waals surface area contributed by atoms with E-state index in [9.17, 15) is 0 Å². The Bertz CT molecular complexity index is 715. The fourth-order valence-electron chi connectivity index (χ4n) is 3.50. The summed E-state index contributed by atoms with van der Waals surface area (Å²) in [7, 11) is 3.53. The summed E-state index contributed by atoms with van der Waals surface area (Å²) >= 11 is 0. The third-order valence-corrected chi connectivity index (χ3v) is 4.97. The Hall–Kier alpha value is -1.81. The first-order valence-electron chi connectivity index (χ1n) is 9.58. The summed E-state index contributed by atoms with van der Waals surface area (Å²) in [5, 5.41) is 6.87. The minimum absolute atomic E-state index is 0. The van der Waals surface area contributed by atoms with Crippen molar-refractivity contribution in [2.75, 3.05) is 40.3 Å². The Labute approximate surface area is 184 Å². The number of ether oxygens (including phenoxy) is 1. The molecule has 0 aliphatic carbocycles. The molecule has 3 rings (SSSR count). The quantitative estimate of drug-likeness (QED) is 0.333. The molecule has 1 unspecified atom stereocenters. The molecular weight excluding hydrogens is 467 g/mol. The van der Waals surface area contributed by atoms with Gasteiger partial charge in [-0.15, -0.1) is 24.0 Å². The largest absolute Gasteiger partial charge is 0.497 e. The van der Waals surface area contributed by atoms with Gasteiger partial charge in [0.2, 0.25) is 0 Å². The van der Waals surface area contributed by atoms with E-state index in [-0.39, 0.29) is 24.0 Å². The van der Waals surface area contributed by atoms with Crippen molar-refractivity contribution in [3.05, 3.63) is 48.5 Å². The number of methoxy groups -OCH3 is 1. The molecule has 0 saturated carbocycles. The average Bonchev–Trinajstić information content (AvgIpc) is 3.41. The third kappa shape index (κ3) is 6.37. The number of hydrogen-bond donors (Lipinski definition) is 2. The van der Waals surface area contributed by atoms with Crippen LogP contribution in [0.4, 0.5) is 0 Å². The molecule has 1 atom stereocenters. The van der Waals surface area contributed by atoms with Crippen LogP contribution in [0.1, 0.15) is 24.4 Å². The summed E-state index contributed by atoms with van der Waals surface area (Å²) in [6.07, 6.45) is 8.10. The van der Waals surface area contributed by atoms with Gasteiger partial charge in [-0.05, 0) is 43.6 Å². The van der Waals surface area contributed by atoms with Gasteiger partial charge in [0.05, 0.1) is 19.5 Å². The van der Waals surface area contributed by atoms with Crippen molar-refractivity contribution in [3.63, 3.8) is 0 Å². The lowest BCUT2D eigenvalue weighted by Gasteiger charge is -2.29. The van der Waals surface area contributed by atoms with Crippen molar-refractivity contribution in [2.24, 2.45) is 4.99 Å². The molecule has 1 saturated heterocycles. The van der Waals surface area contributed by atoms with E-state index in [4.69, 9.17) is 4.74 Å². The van der Waals surface area contributed by atoms with Crippen molar-refractivity contribution >= 4 is 29.9 Å². The zero-order chi connectivity index (χ0) is 18.9. The summed E-state index contributed by atoms with van der Waals surface area (Å²) in [5.74, 6) is 1.72. The van der Waals surface area contributed by atoms with Crippen LogP contribution in [0.5, 0.6) is 5.75 Å². The third-order valence-electron chi connectivity index (χ3n) is 4.97. The van der Waals surface area contributed by atoms with Crippen molar-refractivity contribution in [1.29, 1.82) is 0 Å². The van der Waals surface area contributed by atoms with Gasteiger partial charge >= 0.3 is 0 Å². The molecule has 0 amide bonds. The van der Waals surface area contributed by atoms with Crippen molar-refractivity contribution in [3.8, 4) is 5.75 Å². The van der Waals surface area contributed by atoms with Gasteiger partial charge in [-0.2, -0.15) is 0 Å². The topological polar surface area (TPSA) is 66.7 Å². The number of guanidine groups is 1. The van der Waals surface area contributed by atoms with Crippen molar-refractivity contribution in [1.82, 2.24) is 25.1 Å². The van der Waals surface area contributed by atoms with Crippen LogP contribution in [0.15, 0.2) is 48.0 Å². The SMILES string of the molecule is CN=C(NCCn1ccnc1)NCC(c1cccc(OC)c1)N1CCCC1.I. The van der Waals surface area contributed by atoms with Crippen LogP contribution in [0.25, 0.3) is 0 Å². The lowest BCUT2D eigenvalue weighted by Crippen LogP contribution is -2.43. The highest BCUT2D eigenvalue weighted by Crippen LogP contribution is 2.27. The molecule has 1 aliphatic rings. The zero-order valence-corrected chi connectivity index (χ0v) is 19.0. The van der Waals surface area contributed by atoms with Gasteiger partial charge in [0.25, 0.3) is 0 Å². The van der Waals surface area contributed by atoms with E-state index < -0.39 is 0 Å². The zero-order valence-electron chi connectivity index (χ0n) is 16.7. The van der Waals surface area contributed by atoms with E-state index in [1.165, 1.54) is 18.4 Å². The van der Waals surface area contributed by atoms with E-state index in [1.54, 1.807) is 13.3 Å². The Morgan fingerprint density at radius 3 is 2.79 bits per heavy atom. The van der Waals surface area contributed by atoms with Gasteiger partial charge in [-0.3, -0.25) is 9.89 Å². The van der Waals surface area contributed by atoms with Crippen LogP contribution in [-0.4, -0.2) is 60.7 Å². The molecule has 2 N–H and O–H groups in total. The maximum absolute atomic E-state index is 5.42. The number of nitrogens with one attached hydrogen (secondary N) is 2. The highest BCUT2D eigenvalue weighted by atomic mass is 127. The molecule has 2 heterocycles. The second-order valence-electron chi connectivity index (χ2n) is 6.72. The highest BCUT2D eigenvalue weighted by Gasteiger charge is 2.24. The van der Waals surface area contributed by atoms with Gasteiger partial charge in [-0.1, -0.05) is 12.1 Å². The number of likely N-dealkylation sites (tertiary alicyclic amines) is 1. The molecule has 1 aromatic carbocycles. The normalized spacial score (nSPS) is 15.7. The first-order valence-corrected chi connectivity index (χ1v) is 9.58. The van der Waals surface area contributed by atoms with Crippen LogP contribution >= 0.6 is 24.0 Å². The van der Waals surface area contributed by atoms with Gasteiger partial charge in [0.1, 0.15) is 5.75 Å². The Morgan fingerprint density at radius 1 is 1.29 bits per heavy atom. The van der Waals surface area contributed by atoms with Crippen molar-refractivity contribution < 1.29 is 4.74 Å². The molecule has 28 heavy (non-hydrogen) atoms. The molecule has 8 heteroatoms. The fourth-order valence-corrected chi connectivity index (χ4v) is 3.50. The van der Waals surface area contributed by atoms with E-state index >= 15 is 0 Å². The lowest BCUT2D eigenvalue weighted by molar-refractivity contribution is 0.245. The number of aromatic nitrogens is 2. The van der Waals surface area contributed by atoms with Crippen molar-refractivity contribution in [2.45, 2.75) is 25.4 Å². The van der Waals surface area contributed by atoms with E-state index in [2.05, 4.69) is 43.7 Å². The second-order valence-corrected chi connectivity index (χ2v) is 6.72. The number of hydrogen-bond acceptors (Lipinski definition) is 4. The van der Waals surface area contributed by atoms with E-state index in [0.29, 0.717) is 6.04 Å². The maximum atomic E-state index is 5.42. The monoisotopic (exact) mass is 498 g/mol. The Balaban J connectivity index is 0.00000280. The Kier molecular flexibility index (Phi) is 9.56. The van der Waals surface area contributed by atoms with Crippen LogP contribution < -0.4 is 15.4 Å². The Morgan fingerprint density at radius 2 is 2.11 bits per heavy atom. The first-order chi connectivity index (χ1) is 13.3. The molecule has 1 fully saturated rings. The molecule has 1 aromatic heterocycles. The maximum Gasteiger partial charge on any atom is 0.191 e. The molecule has 0 spiro atoms. The minimum atomic E-state index is 0. The molecule has 0 bridgehead atoms. The molecule has 2 aromatic rings. The van der Waals surface area contributed by atoms with Crippen LogP contribution in [0.3, 0.4) is 0 Å². The van der Waals surface area contributed by atoms with Gasteiger partial charge in [-0.25, -0.2) is 4.98 Å². The summed E-state index contributed by atoms with van der Waals surface area (Å²) in [5.41, 5.74) is 1.28. The summed E-state index contributed by atoms with van der Waals surface area (Å²) in [6, 6.07) is 8.68. The van der Waals surface area contributed by atoms with Crippen LogP contribution in [-0.2, 0) is 6.54 Å². The van der Waals surface area contributed by atoms with Gasteiger partial charge in [0, 0.05) is 39.1 Å². The van der Waals surface area contributed by atoms with Gasteiger partial charge in [0.15, 0.2) is 5.96 Å². The molecule has 154 valence electrons. The highest BCUT2D eigenvalue weighted by molar-refractivity contribution is 14.0. The standard InChI is InChI=1S/C20H30N6O.HI/c1-21-20(23-9-13-25-12-8-22-16-25)24-15-19(26-10-3-4-11-26)17-6-5-7-18(14-17)27-2;/h5-8,12,14,16,19H,3-4,9-11,13,15H2,1-2H3,(H2,21,23,24);1H. The van der Waals surface area contributed by atoms with Crippen LogP contribution in [0, 0.1) is 0 Å². The predicted molar refractivity (Wildman–Crippen MR) is 124 cm³/mol. The number of nitrogens with zero attached hydrogens (tertiary/aromatic N) is 4. The number of benzene rings is 1. The fraction of sp³-hybridized carbons (Fsp3) is 0.500. The number of imidazole rings is 1. The lowest BCUT2D eigenvalue weighted by atomic mass is 10.1. The molecular formula is C20H31IN6O.